The van der Waals surface area contributed by atoms with Crippen LogP contribution in [0.4, 0.5) is 11.6 Å². The highest BCUT2D eigenvalue weighted by Crippen LogP contribution is 2.24. The molecule has 26 heavy (non-hydrogen) atoms. The van der Waals surface area contributed by atoms with Gasteiger partial charge >= 0.3 is 5.69 Å². The summed E-state index contributed by atoms with van der Waals surface area (Å²) in [6.07, 6.45) is 4.79. The molecule has 0 spiro atoms. The summed E-state index contributed by atoms with van der Waals surface area (Å²) in [5, 5.41) is 3.11. The van der Waals surface area contributed by atoms with Crippen LogP contribution in [0.5, 0.6) is 0 Å². The number of aromatic amines is 1. The molecule has 1 saturated heterocycles. The first-order valence-corrected chi connectivity index (χ1v) is 8.52. The molecule has 3 aromatic rings. The molecule has 1 fully saturated rings. The molecule has 0 amide bonds. The first-order valence-electron chi connectivity index (χ1n) is 8.52. The van der Waals surface area contributed by atoms with Gasteiger partial charge in [0.05, 0.1) is 11.9 Å². The molecule has 2 N–H and O–H groups in total. The lowest BCUT2D eigenvalue weighted by atomic mass is 10.1. The number of anilines is 2. The van der Waals surface area contributed by atoms with E-state index in [2.05, 4.69) is 20.3 Å². The number of fused-ring (bicyclic) bond motifs is 1. The lowest BCUT2D eigenvalue weighted by Gasteiger charge is -2.22. The molecule has 0 radical (unpaired) electrons. The van der Waals surface area contributed by atoms with E-state index in [1.54, 1.807) is 28.6 Å². The molecule has 136 valence electrons. The summed E-state index contributed by atoms with van der Waals surface area (Å²) in [7, 11) is 1.73. The van der Waals surface area contributed by atoms with Crippen LogP contribution in [0.25, 0.3) is 11.2 Å². The summed E-state index contributed by atoms with van der Waals surface area (Å²) in [5.41, 5.74) is 2.51. The number of hydrogen-bond acceptors (Lipinski definition) is 6. The molecule has 0 saturated carbocycles. The molecule has 0 aliphatic carbocycles. The Morgan fingerprint density at radius 1 is 1.31 bits per heavy atom. The predicted octanol–water partition coefficient (Wildman–Crippen LogP) is 1.22. The standard InChI is InChI=1S/C17H20N6O3/c1-10-7-14(24)18-8-12(10)20-16-19-9-13-15(21-16)23(17(25)22(13)2)11-3-5-26-6-4-11/h7-9,11H,3-6H2,1-2H3,(H,18,24)(H,19,20,21). The summed E-state index contributed by atoms with van der Waals surface area (Å²) in [5.74, 6) is 0.374. The lowest BCUT2D eigenvalue weighted by molar-refractivity contribution is 0.0695. The van der Waals surface area contributed by atoms with Crippen LogP contribution >= 0.6 is 0 Å². The van der Waals surface area contributed by atoms with Crippen LogP contribution in [-0.4, -0.2) is 37.3 Å². The van der Waals surface area contributed by atoms with E-state index in [0.717, 1.165) is 18.4 Å². The molecule has 9 nitrogen and oxygen atoms in total. The van der Waals surface area contributed by atoms with Crippen molar-refractivity contribution in [1.29, 1.82) is 0 Å². The van der Waals surface area contributed by atoms with Crippen molar-refractivity contribution in [2.45, 2.75) is 25.8 Å². The van der Waals surface area contributed by atoms with Crippen molar-refractivity contribution < 1.29 is 4.74 Å². The van der Waals surface area contributed by atoms with E-state index in [0.29, 0.717) is 36.0 Å². The Balaban J connectivity index is 1.78. The topological polar surface area (TPSA) is 107 Å². The van der Waals surface area contributed by atoms with Gasteiger partial charge in [-0.1, -0.05) is 0 Å². The van der Waals surface area contributed by atoms with Gasteiger partial charge in [0.25, 0.3) is 0 Å². The van der Waals surface area contributed by atoms with Gasteiger partial charge in [0.2, 0.25) is 11.5 Å². The highest BCUT2D eigenvalue weighted by Gasteiger charge is 2.23. The van der Waals surface area contributed by atoms with Crippen molar-refractivity contribution >= 4 is 22.8 Å². The zero-order chi connectivity index (χ0) is 18.3. The third-order valence-corrected chi connectivity index (χ3v) is 4.77. The number of pyridine rings is 1. The number of rotatable bonds is 3. The Labute approximate surface area is 148 Å². The molecular formula is C17H20N6O3. The zero-order valence-electron chi connectivity index (χ0n) is 14.7. The van der Waals surface area contributed by atoms with E-state index in [1.165, 1.54) is 6.07 Å². The Morgan fingerprint density at radius 2 is 2.08 bits per heavy atom. The molecule has 0 atom stereocenters. The molecular weight excluding hydrogens is 336 g/mol. The van der Waals surface area contributed by atoms with Crippen LogP contribution in [-0.2, 0) is 11.8 Å². The van der Waals surface area contributed by atoms with Gasteiger partial charge in [0.15, 0.2) is 5.65 Å². The SMILES string of the molecule is Cc1cc(=O)[nH]cc1Nc1ncc2c(n1)n(C1CCOCC1)c(=O)n2C. The number of aryl methyl sites for hydroxylation is 2. The molecule has 0 aromatic carbocycles. The van der Waals surface area contributed by atoms with E-state index in [4.69, 9.17) is 4.74 Å². The van der Waals surface area contributed by atoms with Gasteiger partial charge in [-0.3, -0.25) is 13.9 Å². The van der Waals surface area contributed by atoms with Gasteiger partial charge in [-0.25, -0.2) is 9.78 Å². The molecule has 4 rings (SSSR count). The van der Waals surface area contributed by atoms with Gasteiger partial charge < -0.3 is 15.0 Å². The zero-order valence-corrected chi connectivity index (χ0v) is 14.7. The summed E-state index contributed by atoms with van der Waals surface area (Å²) >= 11 is 0. The number of ether oxygens (including phenoxy) is 1. The van der Waals surface area contributed by atoms with Crippen molar-refractivity contribution in [3.8, 4) is 0 Å². The smallest absolute Gasteiger partial charge is 0.330 e. The average molecular weight is 356 g/mol. The van der Waals surface area contributed by atoms with Crippen molar-refractivity contribution in [3.63, 3.8) is 0 Å². The van der Waals surface area contributed by atoms with Gasteiger partial charge in [-0.15, -0.1) is 0 Å². The fourth-order valence-electron chi connectivity index (χ4n) is 3.30. The second kappa shape index (κ2) is 6.41. The summed E-state index contributed by atoms with van der Waals surface area (Å²) in [6.45, 7) is 3.11. The molecule has 9 heteroatoms. The number of H-pyrrole nitrogens is 1. The normalized spacial score (nSPS) is 15.5. The molecule has 4 heterocycles. The van der Waals surface area contributed by atoms with Crippen LogP contribution < -0.4 is 16.6 Å². The Kier molecular flexibility index (Phi) is 4.08. The Hall–Kier alpha value is -2.94. The number of nitrogens with zero attached hydrogens (tertiary/aromatic N) is 4. The number of hydrogen-bond donors (Lipinski definition) is 2. The molecule has 0 unspecified atom stereocenters. The number of aromatic nitrogens is 5. The van der Waals surface area contributed by atoms with Crippen LogP contribution in [0.3, 0.4) is 0 Å². The van der Waals surface area contributed by atoms with Crippen molar-refractivity contribution in [2.75, 3.05) is 18.5 Å². The second-order valence-corrected chi connectivity index (χ2v) is 6.48. The quantitative estimate of drug-likeness (QED) is 0.731. The maximum Gasteiger partial charge on any atom is 0.330 e. The maximum absolute atomic E-state index is 12.7. The predicted molar refractivity (Wildman–Crippen MR) is 96.9 cm³/mol. The van der Waals surface area contributed by atoms with Crippen LogP contribution in [0.2, 0.25) is 0 Å². The first-order chi connectivity index (χ1) is 12.5. The summed E-state index contributed by atoms with van der Waals surface area (Å²) < 4.78 is 8.72. The summed E-state index contributed by atoms with van der Waals surface area (Å²) in [6, 6.07) is 1.57. The lowest BCUT2D eigenvalue weighted by Crippen LogP contribution is -2.30. The highest BCUT2D eigenvalue weighted by molar-refractivity contribution is 5.73. The fourth-order valence-corrected chi connectivity index (χ4v) is 3.30. The first kappa shape index (κ1) is 16.5. The van der Waals surface area contributed by atoms with E-state index < -0.39 is 0 Å². The second-order valence-electron chi connectivity index (χ2n) is 6.48. The van der Waals surface area contributed by atoms with Crippen molar-refractivity contribution in [1.82, 2.24) is 24.1 Å². The Bertz CT molecular complexity index is 1070. The molecule has 3 aromatic heterocycles. The largest absolute Gasteiger partial charge is 0.381 e. The van der Waals surface area contributed by atoms with E-state index >= 15 is 0 Å². The third-order valence-electron chi connectivity index (χ3n) is 4.77. The van der Waals surface area contributed by atoms with Crippen LogP contribution in [0.15, 0.2) is 28.0 Å². The fraction of sp³-hybridized carbons (Fsp3) is 0.412. The minimum absolute atomic E-state index is 0.0671. The minimum atomic E-state index is -0.166. The highest BCUT2D eigenvalue weighted by atomic mass is 16.5. The van der Waals surface area contributed by atoms with E-state index in [9.17, 15) is 9.59 Å². The van der Waals surface area contributed by atoms with E-state index in [-0.39, 0.29) is 17.3 Å². The Morgan fingerprint density at radius 3 is 2.81 bits per heavy atom. The van der Waals surface area contributed by atoms with Crippen LogP contribution in [0, 0.1) is 6.92 Å². The molecule has 1 aliphatic rings. The van der Waals surface area contributed by atoms with E-state index in [1.807, 2.05) is 6.92 Å². The van der Waals surface area contributed by atoms with Crippen LogP contribution in [0.1, 0.15) is 24.4 Å². The average Bonchev–Trinajstić information content (AvgIpc) is 2.89. The van der Waals surface area contributed by atoms with Crippen molar-refractivity contribution in [3.05, 3.63) is 44.9 Å². The molecule has 1 aliphatic heterocycles. The number of nitrogens with one attached hydrogen (secondary N) is 2. The minimum Gasteiger partial charge on any atom is -0.381 e. The summed E-state index contributed by atoms with van der Waals surface area (Å²) in [4.78, 5) is 35.6. The van der Waals surface area contributed by atoms with Gasteiger partial charge in [0, 0.05) is 38.6 Å². The van der Waals surface area contributed by atoms with Crippen molar-refractivity contribution in [2.24, 2.45) is 7.05 Å². The third kappa shape index (κ3) is 2.80. The van der Waals surface area contributed by atoms with Gasteiger partial charge in [-0.2, -0.15) is 4.98 Å². The number of imidazole rings is 1. The van der Waals surface area contributed by atoms with Gasteiger partial charge in [-0.05, 0) is 25.3 Å². The maximum atomic E-state index is 12.7. The van der Waals surface area contributed by atoms with Gasteiger partial charge in [0.1, 0.15) is 5.52 Å². The monoisotopic (exact) mass is 356 g/mol. The molecule has 0 bridgehead atoms.